The third-order valence-electron chi connectivity index (χ3n) is 1.25. The van der Waals surface area contributed by atoms with Gasteiger partial charge >= 0.3 is 0 Å². The summed E-state index contributed by atoms with van der Waals surface area (Å²) in [7, 11) is 0. The lowest BCUT2D eigenvalue weighted by Gasteiger charge is -2.22. The van der Waals surface area contributed by atoms with Crippen molar-refractivity contribution in [3.63, 3.8) is 0 Å². The van der Waals surface area contributed by atoms with Gasteiger partial charge in [-0.05, 0) is 25.7 Å². The molecule has 0 radical (unpaired) electrons. The van der Waals surface area contributed by atoms with E-state index in [4.69, 9.17) is 0 Å². The molecule has 0 saturated heterocycles. The first-order chi connectivity index (χ1) is 5.10. The Morgan fingerprint density at radius 3 is 2.09 bits per heavy atom. The third kappa shape index (κ3) is 4.31. The van der Waals surface area contributed by atoms with Crippen molar-refractivity contribution in [2.45, 2.75) is 39.4 Å². The first-order valence-corrected chi connectivity index (χ1v) is 4.97. The Balaban J connectivity index is 0.000000461. The Labute approximate surface area is 74.8 Å². The fraction of sp³-hybridized carbons (Fsp3) is 0.600. The molecule has 0 bridgehead atoms. The van der Waals surface area contributed by atoms with Gasteiger partial charge in [-0.1, -0.05) is 32.1 Å². The maximum absolute atomic E-state index is 2.23. The lowest BCUT2D eigenvalue weighted by Crippen LogP contribution is -2.11. The molecule has 0 amide bonds. The molecule has 64 valence electrons. The van der Waals surface area contributed by atoms with Gasteiger partial charge in [-0.25, -0.2) is 0 Å². The van der Waals surface area contributed by atoms with Crippen LogP contribution in [0.5, 0.6) is 0 Å². The first kappa shape index (κ1) is 10.8. The zero-order chi connectivity index (χ0) is 8.91. The topological polar surface area (TPSA) is 0 Å². The molecule has 0 fully saturated rings. The smallest absolute Gasteiger partial charge is 0.0329 e. The zero-order valence-electron chi connectivity index (χ0n) is 8.14. The minimum absolute atomic E-state index is 0.318. The van der Waals surface area contributed by atoms with Gasteiger partial charge < -0.3 is 0 Å². The zero-order valence-corrected chi connectivity index (χ0v) is 8.96. The van der Waals surface area contributed by atoms with E-state index in [2.05, 4.69) is 39.0 Å². The SMILES string of the molecule is CC.CC1=CC=CC(C)(C)S1. The highest BCUT2D eigenvalue weighted by atomic mass is 32.2. The molecule has 1 aliphatic heterocycles. The van der Waals surface area contributed by atoms with Crippen molar-refractivity contribution in [1.29, 1.82) is 0 Å². The van der Waals surface area contributed by atoms with Crippen molar-refractivity contribution in [1.82, 2.24) is 0 Å². The minimum Gasteiger partial charge on any atom is -0.120 e. The molecule has 0 unspecified atom stereocenters. The van der Waals surface area contributed by atoms with E-state index in [9.17, 15) is 0 Å². The van der Waals surface area contributed by atoms with E-state index in [-0.39, 0.29) is 0 Å². The van der Waals surface area contributed by atoms with Gasteiger partial charge in [-0.3, -0.25) is 0 Å². The second kappa shape index (κ2) is 4.66. The summed E-state index contributed by atoms with van der Waals surface area (Å²) in [5.74, 6) is 0. The molecular weight excluding hydrogens is 152 g/mol. The molecule has 1 heterocycles. The Kier molecular flexibility index (Phi) is 4.58. The van der Waals surface area contributed by atoms with Crippen molar-refractivity contribution in [2.75, 3.05) is 0 Å². The Morgan fingerprint density at radius 2 is 1.82 bits per heavy atom. The van der Waals surface area contributed by atoms with Crippen LogP contribution in [0.2, 0.25) is 0 Å². The second-order valence-corrected chi connectivity index (χ2v) is 4.74. The standard InChI is InChI=1S/C8H12S.C2H6/c1-7-5-4-6-8(2,3)9-7;1-2/h4-6H,1-3H3;1-2H3. The van der Waals surface area contributed by atoms with E-state index in [1.54, 1.807) is 0 Å². The van der Waals surface area contributed by atoms with Gasteiger partial charge in [-0.15, -0.1) is 11.8 Å². The van der Waals surface area contributed by atoms with E-state index in [1.165, 1.54) is 4.91 Å². The van der Waals surface area contributed by atoms with Crippen LogP contribution in [0.15, 0.2) is 23.1 Å². The summed E-state index contributed by atoms with van der Waals surface area (Å²) in [6.07, 6.45) is 6.51. The van der Waals surface area contributed by atoms with Gasteiger partial charge in [0.15, 0.2) is 0 Å². The van der Waals surface area contributed by atoms with Gasteiger partial charge in [0.25, 0.3) is 0 Å². The van der Waals surface area contributed by atoms with Crippen LogP contribution < -0.4 is 0 Å². The fourth-order valence-electron chi connectivity index (χ4n) is 0.898. The lowest BCUT2D eigenvalue weighted by atomic mass is 10.2. The molecule has 0 N–H and O–H groups in total. The molecule has 1 rings (SSSR count). The highest BCUT2D eigenvalue weighted by Gasteiger charge is 2.16. The molecule has 0 aromatic heterocycles. The highest BCUT2D eigenvalue weighted by Crippen LogP contribution is 2.35. The van der Waals surface area contributed by atoms with Crippen LogP contribution in [0.25, 0.3) is 0 Å². The van der Waals surface area contributed by atoms with E-state index in [0.29, 0.717) is 4.75 Å². The van der Waals surface area contributed by atoms with E-state index in [0.717, 1.165) is 0 Å². The average molecular weight is 170 g/mol. The van der Waals surface area contributed by atoms with Gasteiger partial charge in [0.1, 0.15) is 0 Å². The summed E-state index contributed by atoms with van der Waals surface area (Å²) in [5.41, 5.74) is 0. The normalized spacial score (nSPS) is 19.9. The number of rotatable bonds is 0. The number of thioether (sulfide) groups is 1. The van der Waals surface area contributed by atoms with E-state index < -0.39 is 0 Å². The summed E-state index contributed by atoms with van der Waals surface area (Å²) in [4.78, 5) is 1.41. The predicted octanol–water partition coefficient (Wildman–Crippen LogP) is 4.00. The van der Waals surface area contributed by atoms with E-state index >= 15 is 0 Å². The largest absolute Gasteiger partial charge is 0.120 e. The van der Waals surface area contributed by atoms with Crippen LogP contribution >= 0.6 is 11.8 Å². The summed E-state index contributed by atoms with van der Waals surface area (Å²) in [5, 5.41) is 0. The Bertz CT molecular complexity index is 164. The molecule has 1 heteroatoms. The molecule has 1 aliphatic rings. The van der Waals surface area contributed by atoms with Crippen LogP contribution in [-0.2, 0) is 0 Å². The predicted molar refractivity (Wildman–Crippen MR) is 55.9 cm³/mol. The van der Waals surface area contributed by atoms with Crippen LogP contribution in [0.3, 0.4) is 0 Å². The minimum atomic E-state index is 0.318. The molecule has 11 heavy (non-hydrogen) atoms. The second-order valence-electron chi connectivity index (χ2n) is 2.84. The molecule has 0 saturated carbocycles. The average Bonchev–Trinajstić information content (AvgIpc) is 1.89. The molecular formula is C10H18S. The quantitative estimate of drug-likeness (QED) is 0.529. The van der Waals surface area contributed by atoms with Gasteiger partial charge in [0, 0.05) is 4.75 Å². The van der Waals surface area contributed by atoms with Crippen LogP contribution in [0.4, 0.5) is 0 Å². The van der Waals surface area contributed by atoms with Crippen molar-refractivity contribution < 1.29 is 0 Å². The van der Waals surface area contributed by atoms with Gasteiger partial charge in [0.2, 0.25) is 0 Å². The first-order valence-electron chi connectivity index (χ1n) is 4.15. The van der Waals surface area contributed by atoms with Crippen LogP contribution in [-0.4, -0.2) is 4.75 Å². The van der Waals surface area contributed by atoms with Gasteiger partial charge in [0.05, 0.1) is 0 Å². The number of hydrogen-bond donors (Lipinski definition) is 0. The van der Waals surface area contributed by atoms with Crippen molar-refractivity contribution in [3.8, 4) is 0 Å². The lowest BCUT2D eigenvalue weighted by molar-refractivity contribution is 0.898. The van der Waals surface area contributed by atoms with Crippen molar-refractivity contribution >= 4 is 11.8 Å². The summed E-state index contributed by atoms with van der Waals surface area (Å²) in [6.45, 7) is 10.6. The summed E-state index contributed by atoms with van der Waals surface area (Å²) >= 11 is 1.92. The van der Waals surface area contributed by atoms with Gasteiger partial charge in [-0.2, -0.15) is 0 Å². The Morgan fingerprint density at radius 1 is 1.27 bits per heavy atom. The number of hydrogen-bond acceptors (Lipinski definition) is 1. The van der Waals surface area contributed by atoms with Crippen molar-refractivity contribution in [2.24, 2.45) is 0 Å². The third-order valence-corrected chi connectivity index (χ3v) is 2.37. The van der Waals surface area contributed by atoms with Crippen LogP contribution in [0, 0.1) is 0 Å². The number of allylic oxidation sites excluding steroid dienone is 3. The van der Waals surface area contributed by atoms with E-state index in [1.807, 2.05) is 25.6 Å². The molecule has 0 nitrogen and oxygen atoms in total. The Hall–Kier alpha value is -0.170. The summed E-state index contributed by atoms with van der Waals surface area (Å²) < 4.78 is 0.318. The molecule has 0 atom stereocenters. The molecule has 0 aromatic carbocycles. The fourth-order valence-corrected chi connectivity index (χ4v) is 2.02. The maximum atomic E-state index is 2.23. The highest BCUT2D eigenvalue weighted by molar-refractivity contribution is 8.04. The molecule has 0 aromatic rings. The van der Waals surface area contributed by atoms with Crippen molar-refractivity contribution in [3.05, 3.63) is 23.1 Å². The molecule has 0 spiro atoms. The maximum Gasteiger partial charge on any atom is 0.0329 e. The monoisotopic (exact) mass is 170 g/mol. The van der Waals surface area contributed by atoms with Crippen LogP contribution in [0.1, 0.15) is 34.6 Å². The summed E-state index contributed by atoms with van der Waals surface area (Å²) in [6, 6.07) is 0. The molecule has 0 aliphatic carbocycles.